The Balaban J connectivity index is 1.50. The zero-order chi connectivity index (χ0) is 24.7. The Labute approximate surface area is 213 Å². The van der Waals surface area contributed by atoms with Gasteiger partial charge < -0.3 is 8.98 Å². The fourth-order valence-electron chi connectivity index (χ4n) is 5.63. The van der Waals surface area contributed by atoms with E-state index in [0.717, 1.165) is 36.9 Å². The van der Waals surface area contributed by atoms with Gasteiger partial charge in [-0.15, -0.1) is 11.3 Å². The molecule has 5 heteroatoms. The third-order valence-corrected chi connectivity index (χ3v) is 8.43. The molecule has 0 saturated carbocycles. The van der Waals surface area contributed by atoms with E-state index in [4.69, 9.17) is 4.42 Å². The topological polar surface area (TPSA) is 58.9 Å². The SMILES string of the molecule is N#Cc1cccc2oc3cc4sc5c(-n6c7ccccc7c7ccccc76)cccc5c4cc3c(=O)c12. The summed E-state index contributed by atoms with van der Waals surface area (Å²) in [5.74, 6) is 0. The molecule has 37 heavy (non-hydrogen) atoms. The van der Waals surface area contributed by atoms with E-state index in [1.165, 1.54) is 10.8 Å². The molecule has 0 saturated heterocycles. The molecule has 0 atom stereocenters. The number of thiophene rings is 1. The summed E-state index contributed by atoms with van der Waals surface area (Å²) in [7, 11) is 0. The van der Waals surface area contributed by atoms with Crippen LogP contribution in [0.4, 0.5) is 0 Å². The number of fused-ring (bicyclic) bond motifs is 8. The molecule has 4 nitrogen and oxygen atoms in total. The van der Waals surface area contributed by atoms with E-state index in [0.29, 0.717) is 27.5 Å². The molecule has 172 valence electrons. The predicted molar refractivity (Wildman–Crippen MR) is 152 cm³/mol. The molecule has 5 aromatic carbocycles. The fraction of sp³-hybridized carbons (Fsp3) is 0. The van der Waals surface area contributed by atoms with Crippen LogP contribution in [0.25, 0.3) is 69.6 Å². The Morgan fingerprint density at radius 3 is 2.16 bits per heavy atom. The van der Waals surface area contributed by atoms with E-state index in [-0.39, 0.29) is 5.43 Å². The van der Waals surface area contributed by atoms with Crippen molar-refractivity contribution >= 4 is 75.3 Å². The highest BCUT2D eigenvalue weighted by Gasteiger charge is 2.18. The summed E-state index contributed by atoms with van der Waals surface area (Å²) in [5, 5.41) is 14.9. The number of benzene rings is 5. The first-order valence-electron chi connectivity index (χ1n) is 12.0. The fourth-order valence-corrected chi connectivity index (χ4v) is 6.84. The van der Waals surface area contributed by atoms with Gasteiger partial charge in [-0.25, -0.2) is 0 Å². The molecule has 0 aliphatic carbocycles. The number of nitriles is 1. The monoisotopic (exact) mass is 492 g/mol. The van der Waals surface area contributed by atoms with Crippen molar-refractivity contribution in [3.63, 3.8) is 0 Å². The molecule has 0 fully saturated rings. The molecule has 0 aliphatic heterocycles. The van der Waals surface area contributed by atoms with E-state index >= 15 is 0 Å². The smallest absolute Gasteiger partial charge is 0.201 e. The minimum absolute atomic E-state index is 0.173. The maximum Gasteiger partial charge on any atom is 0.201 e. The van der Waals surface area contributed by atoms with Crippen LogP contribution < -0.4 is 5.43 Å². The average Bonchev–Trinajstić information content (AvgIpc) is 3.47. The first kappa shape index (κ1) is 20.3. The molecule has 0 aliphatic rings. The van der Waals surface area contributed by atoms with Crippen molar-refractivity contribution in [2.24, 2.45) is 0 Å². The molecule has 0 unspecified atom stereocenters. The molecule has 8 aromatic rings. The first-order valence-corrected chi connectivity index (χ1v) is 12.8. The van der Waals surface area contributed by atoms with Crippen molar-refractivity contribution < 1.29 is 4.42 Å². The number of para-hydroxylation sites is 2. The molecule has 0 spiro atoms. The number of nitrogens with zero attached hydrogens (tertiary/aromatic N) is 2. The summed E-state index contributed by atoms with van der Waals surface area (Å²) >= 11 is 1.70. The van der Waals surface area contributed by atoms with E-state index in [9.17, 15) is 10.1 Å². The van der Waals surface area contributed by atoms with Crippen LogP contribution in [0.5, 0.6) is 0 Å². The van der Waals surface area contributed by atoms with Crippen molar-refractivity contribution in [1.29, 1.82) is 5.26 Å². The maximum atomic E-state index is 13.5. The highest BCUT2D eigenvalue weighted by atomic mass is 32.1. The second-order valence-electron chi connectivity index (χ2n) is 9.19. The van der Waals surface area contributed by atoms with Crippen LogP contribution in [0.15, 0.2) is 106 Å². The van der Waals surface area contributed by atoms with Gasteiger partial charge in [0.25, 0.3) is 0 Å². The van der Waals surface area contributed by atoms with Gasteiger partial charge in [0, 0.05) is 26.2 Å². The van der Waals surface area contributed by atoms with Gasteiger partial charge in [-0.3, -0.25) is 4.79 Å². The summed E-state index contributed by atoms with van der Waals surface area (Å²) in [6.45, 7) is 0. The summed E-state index contributed by atoms with van der Waals surface area (Å²) in [6.07, 6.45) is 0. The van der Waals surface area contributed by atoms with Gasteiger partial charge in [-0.1, -0.05) is 54.6 Å². The second kappa shape index (κ2) is 7.30. The highest BCUT2D eigenvalue weighted by Crippen LogP contribution is 2.42. The molecule has 8 rings (SSSR count). The minimum Gasteiger partial charge on any atom is -0.456 e. The lowest BCUT2D eigenvalue weighted by molar-refractivity contribution is 0.660. The normalized spacial score (nSPS) is 11.9. The number of aromatic nitrogens is 1. The third-order valence-electron chi connectivity index (χ3n) is 7.24. The van der Waals surface area contributed by atoms with Gasteiger partial charge in [0.1, 0.15) is 17.2 Å². The van der Waals surface area contributed by atoms with E-state index < -0.39 is 0 Å². The quantitative estimate of drug-likeness (QED) is 0.217. The molecule has 0 amide bonds. The minimum atomic E-state index is -0.173. The standard InChI is InChI=1S/C32H16N2O2S/c33-17-18-7-5-14-27-30(18)31(35)23-15-22-21-10-6-13-26(32(21)37-29(22)16-28(23)36-27)34-24-11-3-1-8-19(24)20-9-2-4-12-25(20)34/h1-16H. The second-order valence-corrected chi connectivity index (χ2v) is 10.2. The van der Waals surface area contributed by atoms with Gasteiger partial charge in [0.15, 0.2) is 0 Å². The maximum absolute atomic E-state index is 13.5. The van der Waals surface area contributed by atoms with E-state index in [1.807, 2.05) is 12.1 Å². The zero-order valence-electron chi connectivity index (χ0n) is 19.4. The van der Waals surface area contributed by atoms with Crippen molar-refractivity contribution in [2.75, 3.05) is 0 Å². The summed E-state index contributed by atoms with van der Waals surface area (Å²) in [5.41, 5.74) is 4.55. The van der Waals surface area contributed by atoms with E-state index in [2.05, 4.69) is 77.4 Å². The van der Waals surface area contributed by atoms with Crippen LogP contribution in [0.1, 0.15) is 5.56 Å². The Bertz CT molecular complexity index is 2290. The third kappa shape index (κ3) is 2.68. The molecular weight excluding hydrogens is 476 g/mol. The Hall–Kier alpha value is -4.92. The lowest BCUT2D eigenvalue weighted by Crippen LogP contribution is -2.03. The van der Waals surface area contributed by atoms with E-state index in [1.54, 1.807) is 29.5 Å². The van der Waals surface area contributed by atoms with Gasteiger partial charge in [0.2, 0.25) is 5.43 Å². The molecule has 3 heterocycles. The lowest BCUT2D eigenvalue weighted by Gasteiger charge is -2.09. The molecule has 3 aromatic heterocycles. The van der Waals surface area contributed by atoms with Crippen LogP contribution in [-0.4, -0.2) is 4.57 Å². The van der Waals surface area contributed by atoms with Crippen LogP contribution in [0.3, 0.4) is 0 Å². The number of rotatable bonds is 1. The zero-order valence-corrected chi connectivity index (χ0v) is 20.2. The van der Waals surface area contributed by atoms with Gasteiger partial charge in [0.05, 0.1) is 37.8 Å². The van der Waals surface area contributed by atoms with Crippen molar-refractivity contribution in [1.82, 2.24) is 4.57 Å². The summed E-state index contributed by atoms with van der Waals surface area (Å²) in [6, 6.07) is 34.5. The van der Waals surface area contributed by atoms with Crippen molar-refractivity contribution in [3.8, 4) is 11.8 Å². The summed E-state index contributed by atoms with van der Waals surface area (Å²) in [4.78, 5) is 13.5. The predicted octanol–water partition coefficient (Wildman–Crippen LogP) is 8.28. The Morgan fingerprint density at radius 1 is 0.703 bits per heavy atom. The van der Waals surface area contributed by atoms with Crippen molar-refractivity contribution in [3.05, 3.63) is 113 Å². The van der Waals surface area contributed by atoms with Crippen LogP contribution in [0.2, 0.25) is 0 Å². The van der Waals surface area contributed by atoms with Gasteiger partial charge in [-0.05, 0) is 42.5 Å². The van der Waals surface area contributed by atoms with Gasteiger partial charge >= 0.3 is 0 Å². The lowest BCUT2D eigenvalue weighted by atomic mass is 10.0. The molecule has 0 N–H and O–H groups in total. The molecular formula is C32H16N2O2S. The molecule has 0 bridgehead atoms. The Kier molecular flexibility index (Phi) is 4.00. The Morgan fingerprint density at radius 2 is 1.41 bits per heavy atom. The van der Waals surface area contributed by atoms with Crippen LogP contribution >= 0.6 is 11.3 Å². The van der Waals surface area contributed by atoms with Crippen molar-refractivity contribution in [2.45, 2.75) is 0 Å². The summed E-state index contributed by atoms with van der Waals surface area (Å²) < 4.78 is 10.7. The number of hydrogen-bond acceptors (Lipinski definition) is 4. The first-order chi connectivity index (χ1) is 18.2. The van der Waals surface area contributed by atoms with Crippen LogP contribution in [0, 0.1) is 11.3 Å². The molecule has 0 radical (unpaired) electrons. The van der Waals surface area contributed by atoms with Gasteiger partial charge in [-0.2, -0.15) is 5.26 Å². The highest BCUT2D eigenvalue weighted by molar-refractivity contribution is 7.26. The number of hydrogen-bond donors (Lipinski definition) is 0. The largest absolute Gasteiger partial charge is 0.456 e. The average molecular weight is 493 g/mol. The van der Waals surface area contributed by atoms with Crippen LogP contribution in [-0.2, 0) is 0 Å².